The molecule has 0 saturated carbocycles. The number of rotatable bonds is 4. The van der Waals surface area contributed by atoms with E-state index >= 15 is 0 Å². The molecule has 1 aliphatic rings. The Kier molecular flexibility index (Phi) is 3.86. The number of ether oxygens (including phenoxy) is 1. The van der Waals surface area contributed by atoms with Gasteiger partial charge in [0, 0.05) is 35.9 Å². The topological polar surface area (TPSA) is 54.4 Å². The van der Waals surface area contributed by atoms with Crippen LogP contribution in [0.2, 0.25) is 0 Å². The second-order valence-electron chi connectivity index (χ2n) is 6.00. The van der Waals surface area contributed by atoms with Crippen molar-refractivity contribution >= 4 is 17.2 Å². The van der Waals surface area contributed by atoms with Gasteiger partial charge in [-0.25, -0.2) is 4.98 Å². The maximum atomic E-state index is 9.86. The van der Waals surface area contributed by atoms with Gasteiger partial charge >= 0.3 is 0 Å². The average molecular weight is 338 g/mol. The molecule has 0 fully saturated rings. The Morgan fingerprint density at radius 2 is 2.21 bits per heavy atom. The Hall–Kier alpha value is -2.53. The Morgan fingerprint density at radius 1 is 1.29 bits per heavy atom. The van der Waals surface area contributed by atoms with Crippen LogP contribution in [0.5, 0.6) is 11.5 Å². The normalized spacial score (nSPS) is 15.8. The molecule has 1 atom stereocenters. The molecule has 2 aromatic heterocycles. The van der Waals surface area contributed by atoms with Crippen molar-refractivity contribution in [3.05, 3.63) is 58.4 Å². The van der Waals surface area contributed by atoms with E-state index in [9.17, 15) is 5.11 Å². The van der Waals surface area contributed by atoms with Crippen molar-refractivity contribution in [1.29, 1.82) is 0 Å². The molecular formula is C19H18N2O2S. The lowest BCUT2D eigenvalue weighted by Gasteiger charge is -2.12. The molecule has 1 aliphatic heterocycles. The molecule has 4 nitrogen and oxygen atoms in total. The monoisotopic (exact) mass is 338 g/mol. The highest BCUT2D eigenvalue weighted by Crippen LogP contribution is 2.36. The van der Waals surface area contributed by atoms with Crippen molar-refractivity contribution in [2.45, 2.75) is 12.3 Å². The molecule has 2 N–H and O–H groups in total. The van der Waals surface area contributed by atoms with E-state index in [0.717, 1.165) is 29.9 Å². The molecule has 0 saturated heterocycles. The molecule has 122 valence electrons. The van der Waals surface area contributed by atoms with Crippen molar-refractivity contribution in [3.8, 4) is 22.6 Å². The minimum absolute atomic E-state index is 0.237. The van der Waals surface area contributed by atoms with Crippen LogP contribution in [-0.2, 0) is 6.42 Å². The summed E-state index contributed by atoms with van der Waals surface area (Å²) in [7, 11) is 1.61. The number of phenolic OH excluding ortho intramolecular Hbond substituents is 1. The summed E-state index contributed by atoms with van der Waals surface area (Å²) in [4.78, 5) is 4.58. The van der Waals surface area contributed by atoms with E-state index in [1.165, 1.54) is 11.1 Å². The van der Waals surface area contributed by atoms with Crippen molar-refractivity contribution in [2.75, 3.05) is 19.0 Å². The third-order valence-corrected chi connectivity index (χ3v) is 5.08. The number of hydrogen-bond acceptors (Lipinski definition) is 5. The van der Waals surface area contributed by atoms with Gasteiger partial charge in [0.05, 0.1) is 7.11 Å². The van der Waals surface area contributed by atoms with E-state index in [2.05, 4.69) is 33.2 Å². The zero-order chi connectivity index (χ0) is 16.5. The number of benzene rings is 1. The fourth-order valence-electron chi connectivity index (χ4n) is 3.20. The Morgan fingerprint density at radius 3 is 3.00 bits per heavy atom. The highest BCUT2D eigenvalue weighted by molar-refractivity contribution is 7.08. The Labute approximate surface area is 144 Å². The van der Waals surface area contributed by atoms with Crippen molar-refractivity contribution in [1.82, 2.24) is 4.98 Å². The SMILES string of the molecule is COc1cc(O)cc(CC2CNc3ncc(-c4ccsc4)cc32)c1. The summed E-state index contributed by atoms with van der Waals surface area (Å²) in [6, 6.07) is 9.76. The number of methoxy groups -OCH3 is 1. The van der Waals surface area contributed by atoms with Gasteiger partial charge in [-0.3, -0.25) is 0 Å². The van der Waals surface area contributed by atoms with Crippen LogP contribution in [0.1, 0.15) is 17.0 Å². The quantitative estimate of drug-likeness (QED) is 0.746. The molecule has 0 aliphatic carbocycles. The highest BCUT2D eigenvalue weighted by atomic mass is 32.1. The molecule has 0 bridgehead atoms. The predicted molar refractivity (Wildman–Crippen MR) is 97.1 cm³/mol. The number of aromatic nitrogens is 1. The van der Waals surface area contributed by atoms with Crippen LogP contribution in [0.15, 0.2) is 47.3 Å². The van der Waals surface area contributed by atoms with Crippen molar-refractivity contribution in [2.24, 2.45) is 0 Å². The molecule has 3 heterocycles. The summed E-state index contributed by atoms with van der Waals surface area (Å²) < 4.78 is 5.25. The summed E-state index contributed by atoms with van der Waals surface area (Å²) in [5.74, 6) is 2.21. The van der Waals surface area contributed by atoms with E-state index in [1.807, 2.05) is 12.3 Å². The van der Waals surface area contributed by atoms with Gasteiger partial charge < -0.3 is 15.2 Å². The first-order valence-corrected chi connectivity index (χ1v) is 8.80. The second kappa shape index (κ2) is 6.17. The van der Waals surface area contributed by atoms with Crippen LogP contribution in [0.25, 0.3) is 11.1 Å². The average Bonchev–Trinajstić information content (AvgIpc) is 3.24. The molecule has 0 amide bonds. The van der Waals surface area contributed by atoms with Gasteiger partial charge in [-0.15, -0.1) is 0 Å². The van der Waals surface area contributed by atoms with Gasteiger partial charge in [-0.2, -0.15) is 11.3 Å². The van der Waals surface area contributed by atoms with Gasteiger partial charge in [0.1, 0.15) is 17.3 Å². The van der Waals surface area contributed by atoms with E-state index < -0.39 is 0 Å². The van der Waals surface area contributed by atoms with E-state index in [-0.39, 0.29) is 5.75 Å². The van der Waals surface area contributed by atoms with Gasteiger partial charge in [-0.1, -0.05) is 0 Å². The first-order valence-electron chi connectivity index (χ1n) is 7.86. The van der Waals surface area contributed by atoms with E-state index in [1.54, 1.807) is 30.6 Å². The molecule has 1 aromatic carbocycles. The largest absolute Gasteiger partial charge is 0.508 e. The van der Waals surface area contributed by atoms with Crippen LogP contribution in [0.4, 0.5) is 5.82 Å². The molecule has 1 unspecified atom stereocenters. The lowest BCUT2D eigenvalue weighted by Crippen LogP contribution is -2.05. The third-order valence-electron chi connectivity index (χ3n) is 4.40. The Balaban J connectivity index is 1.64. The van der Waals surface area contributed by atoms with Gasteiger partial charge in [0.15, 0.2) is 0 Å². The fraction of sp³-hybridized carbons (Fsp3) is 0.211. The number of aromatic hydroxyl groups is 1. The first-order chi connectivity index (χ1) is 11.7. The smallest absolute Gasteiger partial charge is 0.129 e. The zero-order valence-corrected chi connectivity index (χ0v) is 14.1. The summed E-state index contributed by atoms with van der Waals surface area (Å²) in [6.45, 7) is 0.855. The Bertz CT molecular complexity index is 862. The highest BCUT2D eigenvalue weighted by Gasteiger charge is 2.24. The molecular weight excluding hydrogens is 320 g/mol. The second-order valence-corrected chi connectivity index (χ2v) is 6.78. The molecule has 0 radical (unpaired) electrons. The molecule has 3 aromatic rings. The summed E-state index contributed by atoms with van der Waals surface area (Å²) in [6.07, 6.45) is 2.76. The standard InChI is InChI=1S/C19H18N2O2S/c1-23-17-6-12(5-16(22)8-17)4-15-10-21-19-18(15)7-14(9-20-19)13-2-3-24-11-13/h2-3,5-9,11,15,22H,4,10H2,1H3,(H,20,21). The van der Waals surface area contributed by atoms with E-state index in [4.69, 9.17) is 4.74 Å². The number of phenols is 1. The minimum Gasteiger partial charge on any atom is -0.508 e. The summed E-state index contributed by atoms with van der Waals surface area (Å²) in [5, 5.41) is 17.5. The van der Waals surface area contributed by atoms with Crippen LogP contribution in [-0.4, -0.2) is 23.7 Å². The fourth-order valence-corrected chi connectivity index (χ4v) is 3.87. The third kappa shape index (κ3) is 2.83. The number of pyridine rings is 1. The van der Waals surface area contributed by atoms with E-state index in [0.29, 0.717) is 11.7 Å². The molecule has 5 heteroatoms. The zero-order valence-electron chi connectivity index (χ0n) is 13.3. The number of nitrogens with zero attached hydrogens (tertiary/aromatic N) is 1. The maximum Gasteiger partial charge on any atom is 0.129 e. The minimum atomic E-state index is 0.237. The van der Waals surface area contributed by atoms with Crippen LogP contribution in [0.3, 0.4) is 0 Å². The van der Waals surface area contributed by atoms with Gasteiger partial charge in [0.25, 0.3) is 0 Å². The van der Waals surface area contributed by atoms with Crippen LogP contribution in [0, 0.1) is 0 Å². The maximum absolute atomic E-state index is 9.86. The number of nitrogens with one attached hydrogen (secondary N) is 1. The van der Waals surface area contributed by atoms with Crippen LogP contribution < -0.4 is 10.1 Å². The van der Waals surface area contributed by atoms with Gasteiger partial charge in [-0.05, 0) is 52.6 Å². The predicted octanol–water partition coefficient (Wildman–Crippen LogP) is 4.28. The summed E-state index contributed by atoms with van der Waals surface area (Å²) in [5.41, 5.74) is 4.66. The van der Waals surface area contributed by atoms with Crippen LogP contribution >= 0.6 is 11.3 Å². The lowest BCUT2D eigenvalue weighted by molar-refractivity contribution is 0.406. The van der Waals surface area contributed by atoms with Crippen molar-refractivity contribution in [3.63, 3.8) is 0 Å². The molecule has 4 rings (SSSR count). The first kappa shape index (κ1) is 15.0. The number of thiophene rings is 1. The lowest BCUT2D eigenvalue weighted by atomic mass is 9.93. The number of hydrogen-bond donors (Lipinski definition) is 2. The van der Waals surface area contributed by atoms with Gasteiger partial charge in [0.2, 0.25) is 0 Å². The summed E-state index contributed by atoms with van der Waals surface area (Å²) >= 11 is 1.69. The number of fused-ring (bicyclic) bond motifs is 1. The van der Waals surface area contributed by atoms with Crippen molar-refractivity contribution < 1.29 is 9.84 Å². The number of anilines is 1. The molecule has 0 spiro atoms. The molecule has 24 heavy (non-hydrogen) atoms.